The molecule has 0 radical (unpaired) electrons. The Kier molecular flexibility index (Phi) is 4.70. The number of sulfonamides is 1. The average Bonchev–Trinajstić information content (AvgIpc) is 2.46. The van der Waals surface area contributed by atoms with Crippen molar-refractivity contribution in [3.63, 3.8) is 0 Å². The molecule has 0 amide bonds. The van der Waals surface area contributed by atoms with Crippen LogP contribution in [-0.4, -0.2) is 19.9 Å². The number of anilines is 1. The Hall–Kier alpha value is -1.92. The van der Waals surface area contributed by atoms with Crippen molar-refractivity contribution < 1.29 is 8.42 Å². The summed E-state index contributed by atoms with van der Waals surface area (Å²) in [6.07, 6.45) is 3.08. The molecule has 0 aliphatic carbocycles. The topological polar surface area (TPSA) is 71.1 Å². The minimum atomic E-state index is -3.55. The van der Waals surface area contributed by atoms with E-state index in [1.807, 2.05) is 19.1 Å². The van der Waals surface area contributed by atoms with Crippen LogP contribution in [0.1, 0.15) is 12.5 Å². The Morgan fingerprint density at radius 3 is 2.30 bits per heavy atom. The van der Waals surface area contributed by atoms with E-state index in [1.54, 1.807) is 24.3 Å². The van der Waals surface area contributed by atoms with E-state index in [1.165, 1.54) is 12.4 Å². The normalized spacial score (nSPS) is 11.2. The molecule has 0 saturated heterocycles. The minimum Gasteiger partial charge on any atom is -0.313 e. The van der Waals surface area contributed by atoms with Gasteiger partial charge in [-0.25, -0.2) is 8.42 Å². The van der Waals surface area contributed by atoms with Crippen LogP contribution < -0.4 is 10.0 Å². The van der Waals surface area contributed by atoms with Crippen LogP contribution in [0.15, 0.2) is 53.7 Å². The van der Waals surface area contributed by atoms with Crippen LogP contribution in [0.5, 0.6) is 0 Å². The molecule has 1 aromatic carbocycles. The zero-order valence-electron chi connectivity index (χ0n) is 11.2. The predicted molar refractivity (Wildman–Crippen MR) is 78.9 cm³/mol. The molecule has 0 atom stereocenters. The van der Waals surface area contributed by atoms with Gasteiger partial charge in [0.1, 0.15) is 0 Å². The quantitative estimate of drug-likeness (QED) is 0.854. The monoisotopic (exact) mass is 291 g/mol. The first-order valence-electron chi connectivity index (χ1n) is 6.34. The predicted octanol–water partition coefficient (Wildman–Crippen LogP) is 1.99. The van der Waals surface area contributed by atoms with Crippen molar-refractivity contribution in [2.45, 2.75) is 18.4 Å². The zero-order chi connectivity index (χ0) is 14.4. The van der Waals surface area contributed by atoms with Crippen LogP contribution in [0.25, 0.3) is 0 Å². The van der Waals surface area contributed by atoms with Gasteiger partial charge in [-0.1, -0.05) is 19.1 Å². The van der Waals surface area contributed by atoms with Crippen LogP contribution >= 0.6 is 0 Å². The van der Waals surface area contributed by atoms with Crippen molar-refractivity contribution >= 4 is 15.7 Å². The first-order chi connectivity index (χ1) is 9.62. The lowest BCUT2D eigenvalue weighted by Crippen LogP contribution is -2.14. The summed E-state index contributed by atoms with van der Waals surface area (Å²) in [7, 11) is -3.55. The largest absolute Gasteiger partial charge is 0.313 e. The lowest BCUT2D eigenvalue weighted by atomic mass is 10.2. The van der Waals surface area contributed by atoms with Gasteiger partial charge < -0.3 is 5.32 Å². The highest BCUT2D eigenvalue weighted by molar-refractivity contribution is 7.92. The average molecular weight is 291 g/mol. The Morgan fingerprint density at radius 1 is 1.05 bits per heavy atom. The van der Waals surface area contributed by atoms with Crippen molar-refractivity contribution in [2.24, 2.45) is 0 Å². The number of rotatable bonds is 6. The fourth-order valence-corrected chi connectivity index (χ4v) is 2.75. The third kappa shape index (κ3) is 3.79. The molecule has 0 aliphatic heterocycles. The lowest BCUT2D eigenvalue weighted by molar-refractivity contribution is 0.601. The molecule has 5 nitrogen and oxygen atoms in total. The fraction of sp³-hybridized carbons (Fsp3) is 0.214. The molecule has 0 aliphatic rings. The summed E-state index contributed by atoms with van der Waals surface area (Å²) in [5.41, 5.74) is 1.55. The lowest BCUT2D eigenvalue weighted by Gasteiger charge is -2.08. The zero-order valence-corrected chi connectivity index (χ0v) is 12.0. The first-order valence-corrected chi connectivity index (χ1v) is 7.82. The van der Waals surface area contributed by atoms with Gasteiger partial charge in [-0.2, -0.15) is 0 Å². The second kappa shape index (κ2) is 6.49. The molecule has 20 heavy (non-hydrogen) atoms. The summed E-state index contributed by atoms with van der Waals surface area (Å²) in [5.74, 6) is 0. The van der Waals surface area contributed by atoms with E-state index >= 15 is 0 Å². The Labute approximate surface area is 119 Å². The van der Waals surface area contributed by atoms with Gasteiger partial charge in [-0.05, 0) is 36.4 Å². The SMILES string of the molecule is CCNCc1ccc(S(=O)(=O)Nc2ccncc2)cc1. The fourth-order valence-electron chi connectivity index (χ4n) is 1.69. The van der Waals surface area contributed by atoms with E-state index in [0.29, 0.717) is 5.69 Å². The van der Waals surface area contributed by atoms with Crippen molar-refractivity contribution in [1.29, 1.82) is 0 Å². The van der Waals surface area contributed by atoms with Crippen molar-refractivity contribution in [1.82, 2.24) is 10.3 Å². The first kappa shape index (κ1) is 14.5. The van der Waals surface area contributed by atoms with Crippen molar-refractivity contribution in [2.75, 3.05) is 11.3 Å². The third-order valence-corrected chi connectivity index (χ3v) is 4.14. The molecule has 0 unspecified atom stereocenters. The molecule has 1 heterocycles. The van der Waals surface area contributed by atoms with Crippen LogP contribution in [0.2, 0.25) is 0 Å². The Balaban J connectivity index is 2.13. The number of nitrogens with one attached hydrogen (secondary N) is 2. The van der Waals surface area contributed by atoms with E-state index < -0.39 is 10.0 Å². The summed E-state index contributed by atoms with van der Waals surface area (Å²) < 4.78 is 26.9. The van der Waals surface area contributed by atoms with Gasteiger partial charge in [0.2, 0.25) is 0 Å². The van der Waals surface area contributed by atoms with Crippen LogP contribution in [0.3, 0.4) is 0 Å². The van der Waals surface area contributed by atoms with E-state index in [4.69, 9.17) is 0 Å². The Morgan fingerprint density at radius 2 is 1.70 bits per heavy atom. The highest BCUT2D eigenvalue weighted by atomic mass is 32.2. The molecular weight excluding hydrogens is 274 g/mol. The molecule has 2 rings (SSSR count). The number of benzene rings is 1. The molecule has 2 aromatic rings. The van der Waals surface area contributed by atoms with Gasteiger partial charge in [0, 0.05) is 18.9 Å². The maximum atomic E-state index is 12.2. The van der Waals surface area contributed by atoms with Gasteiger partial charge in [-0.15, -0.1) is 0 Å². The third-order valence-electron chi connectivity index (χ3n) is 2.75. The van der Waals surface area contributed by atoms with Crippen molar-refractivity contribution in [3.8, 4) is 0 Å². The maximum absolute atomic E-state index is 12.2. The molecule has 0 spiro atoms. The number of aromatic nitrogens is 1. The molecule has 0 fully saturated rings. The smallest absolute Gasteiger partial charge is 0.261 e. The highest BCUT2D eigenvalue weighted by Gasteiger charge is 2.13. The van der Waals surface area contributed by atoms with Gasteiger partial charge in [0.25, 0.3) is 10.0 Å². The van der Waals surface area contributed by atoms with Crippen LogP contribution in [0.4, 0.5) is 5.69 Å². The van der Waals surface area contributed by atoms with Crippen LogP contribution in [0, 0.1) is 0 Å². The molecule has 1 aromatic heterocycles. The molecule has 0 bridgehead atoms. The molecule has 6 heteroatoms. The Bertz CT molecular complexity index is 640. The number of hydrogen-bond donors (Lipinski definition) is 2. The van der Waals surface area contributed by atoms with Gasteiger partial charge in [0.05, 0.1) is 10.6 Å². The highest BCUT2D eigenvalue weighted by Crippen LogP contribution is 2.15. The van der Waals surface area contributed by atoms with Crippen LogP contribution in [-0.2, 0) is 16.6 Å². The summed E-state index contributed by atoms with van der Waals surface area (Å²) in [5, 5.41) is 3.19. The second-order valence-corrected chi connectivity index (χ2v) is 5.95. The minimum absolute atomic E-state index is 0.245. The van der Waals surface area contributed by atoms with Gasteiger partial charge in [-0.3, -0.25) is 9.71 Å². The standard InChI is InChI=1S/C14H17N3O2S/c1-2-15-11-12-3-5-14(6-4-12)20(18,19)17-13-7-9-16-10-8-13/h3-10,15H,2,11H2,1H3,(H,16,17). The molecule has 2 N–H and O–H groups in total. The van der Waals surface area contributed by atoms with E-state index in [9.17, 15) is 8.42 Å². The summed E-state index contributed by atoms with van der Waals surface area (Å²) in [6, 6.07) is 10.0. The summed E-state index contributed by atoms with van der Waals surface area (Å²) in [4.78, 5) is 4.09. The summed E-state index contributed by atoms with van der Waals surface area (Å²) >= 11 is 0. The number of nitrogens with zero attached hydrogens (tertiary/aromatic N) is 1. The van der Waals surface area contributed by atoms with E-state index in [-0.39, 0.29) is 4.90 Å². The van der Waals surface area contributed by atoms with E-state index in [2.05, 4.69) is 15.0 Å². The van der Waals surface area contributed by atoms with Gasteiger partial charge >= 0.3 is 0 Å². The number of hydrogen-bond acceptors (Lipinski definition) is 4. The summed E-state index contributed by atoms with van der Waals surface area (Å²) in [6.45, 7) is 3.63. The van der Waals surface area contributed by atoms with E-state index in [0.717, 1.165) is 18.7 Å². The molecule has 106 valence electrons. The maximum Gasteiger partial charge on any atom is 0.261 e. The molecule has 0 saturated carbocycles. The van der Waals surface area contributed by atoms with Crippen molar-refractivity contribution in [3.05, 3.63) is 54.4 Å². The second-order valence-electron chi connectivity index (χ2n) is 4.27. The molecular formula is C14H17N3O2S. The number of pyridine rings is 1. The van der Waals surface area contributed by atoms with Gasteiger partial charge in [0.15, 0.2) is 0 Å².